The second kappa shape index (κ2) is 4.09. The minimum absolute atomic E-state index is 0.0179. The number of piperidine rings is 1. The molecule has 4 nitrogen and oxygen atoms in total. The molecule has 1 saturated heterocycles. The molecule has 0 radical (unpaired) electrons. The summed E-state index contributed by atoms with van der Waals surface area (Å²) in [5.74, 6) is 1.75. The lowest BCUT2D eigenvalue weighted by molar-refractivity contribution is -0.140. The van der Waals surface area contributed by atoms with Gasteiger partial charge < -0.3 is 9.42 Å². The van der Waals surface area contributed by atoms with E-state index >= 15 is 0 Å². The number of fused-ring (bicyclic) bond motifs is 2. The molecule has 2 heterocycles. The number of hydrogen-bond acceptors (Lipinski definition) is 3. The number of rotatable bonds is 0. The van der Waals surface area contributed by atoms with Gasteiger partial charge in [0.15, 0.2) is 0 Å². The van der Waals surface area contributed by atoms with Crippen LogP contribution in [0.25, 0.3) is 0 Å². The van der Waals surface area contributed by atoms with E-state index in [0.29, 0.717) is 12.0 Å². The molecule has 2 aliphatic rings. The van der Waals surface area contributed by atoms with E-state index in [1.807, 2.05) is 11.1 Å². The standard InChI is InChI=1S/C16H24N2O2/c1-10-6-13-15(3,4)14-12(8-17-20-14)7-16(13,5)9-18(10)11(2)19/h8,10,13H,6-7,9H2,1-5H3/t10?,13-,16?/m0/s1. The van der Waals surface area contributed by atoms with Crippen LogP contribution in [0.15, 0.2) is 10.7 Å². The van der Waals surface area contributed by atoms with Crippen LogP contribution in [0.3, 0.4) is 0 Å². The summed E-state index contributed by atoms with van der Waals surface area (Å²) in [6.07, 6.45) is 3.84. The predicted molar refractivity (Wildman–Crippen MR) is 76.3 cm³/mol. The number of amides is 1. The highest BCUT2D eigenvalue weighted by Crippen LogP contribution is 2.54. The van der Waals surface area contributed by atoms with Gasteiger partial charge in [0.1, 0.15) is 5.76 Å². The number of nitrogens with zero attached hydrogens (tertiary/aromatic N) is 2. The van der Waals surface area contributed by atoms with Crippen molar-refractivity contribution in [2.75, 3.05) is 6.54 Å². The van der Waals surface area contributed by atoms with Crippen LogP contribution in [-0.2, 0) is 16.6 Å². The van der Waals surface area contributed by atoms with Crippen LogP contribution in [0.4, 0.5) is 0 Å². The predicted octanol–water partition coefficient (Wildman–Crippen LogP) is 2.77. The molecule has 20 heavy (non-hydrogen) atoms. The number of hydrogen-bond donors (Lipinski definition) is 0. The molecule has 1 fully saturated rings. The fraction of sp³-hybridized carbons (Fsp3) is 0.750. The summed E-state index contributed by atoms with van der Waals surface area (Å²) < 4.78 is 5.54. The van der Waals surface area contributed by atoms with Gasteiger partial charge in [-0.2, -0.15) is 0 Å². The van der Waals surface area contributed by atoms with Gasteiger partial charge in [0.25, 0.3) is 0 Å². The molecular weight excluding hydrogens is 252 g/mol. The molecule has 1 aromatic rings. The zero-order chi connectivity index (χ0) is 14.7. The summed E-state index contributed by atoms with van der Waals surface area (Å²) in [5.41, 5.74) is 1.31. The van der Waals surface area contributed by atoms with Crippen molar-refractivity contribution in [2.45, 2.75) is 58.9 Å². The molecule has 110 valence electrons. The molecule has 0 aromatic carbocycles. The van der Waals surface area contributed by atoms with Gasteiger partial charge in [0.05, 0.1) is 6.20 Å². The van der Waals surface area contributed by atoms with E-state index in [1.54, 1.807) is 6.92 Å². The molecule has 2 unspecified atom stereocenters. The lowest BCUT2D eigenvalue weighted by atomic mass is 9.53. The third-order valence-corrected chi connectivity index (χ3v) is 5.58. The summed E-state index contributed by atoms with van der Waals surface area (Å²) in [6.45, 7) is 11.5. The average molecular weight is 276 g/mol. The fourth-order valence-corrected chi connectivity index (χ4v) is 4.69. The average Bonchev–Trinajstić information content (AvgIpc) is 2.79. The van der Waals surface area contributed by atoms with E-state index in [-0.39, 0.29) is 16.7 Å². The van der Waals surface area contributed by atoms with E-state index in [1.165, 1.54) is 5.56 Å². The third-order valence-electron chi connectivity index (χ3n) is 5.58. The molecule has 0 saturated carbocycles. The first-order chi connectivity index (χ1) is 9.25. The SMILES string of the molecule is CC(=O)N1CC2(C)Cc3cnoc3C(C)(C)[C@@H]2CC1C. The Morgan fingerprint density at radius 2 is 2.15 bits per heavy atom. The Balaban J connectivity index is 2.04. The van der Waals surface area contributed by atoms with Gasteiger partial charge >= 0.3 is 0 Å². The molecule has 0 spiro atoms. The second-order valence-corrected chi connectivity index (χ2v) is 7.52. The minimum atomic E-state index is -0.0179. The summed E-state index contributed by atoms with van der Waals surface area (Å²) >= 11 is 0. The maximum absolute atomic E-state index is 11.9. The Morgan fingerprint density at radius 3 is 2.80 bits per heavy atom. The van der Waals surface area contributed by atoms with E-state index in [4.69, 9.17) is 4.52 Å². The Labute approximate surface area is 120 Å². The Morgan fingerprint density at radius 1 is 1.45 bits per heavy atom. The van der Waals surface area contributed by atoms with Crippen LogP contribution in [0.5, 0.6) is 0 Å². The van der Waals surface area contributed by atoms with Gasteiger partial charge in [0, 0.05) is 30.5 Å². The van der Waals surface area contributed by atoms with Crippen LogP contribution in [-0.4, -0.2) is 28.6 Å². The Bertz CT molecular complexity index is 548. The molecule has 1 aromatic heterocycles. The van der Waals surface area contributed by atoms with Crippen LogP contribution in [0.1, 0.15) is 52.4 Å². The van der Waals surface area contributed by atoms with Crippen molar-refractivity contribution in [3.8, 4) is 0 Å². The molecule has 3 rings (SSSR count). The zero-order valence-electron chi connectivity index (χ0n) is 13.1. The van der Waals surface area contributed by atoms with Gasteiger partial charge in [-0.3, -0.25) is 4.79 Å². The largest absolute Gasteiger partial charge is 0.361 e. The summed E-state index contributed by atoms with van der Waals surface area (Å²) in [7, 11) is 0. The summed E-state index contributed by atoms with van der Waals surface area (Å²) in [4.78, 5) is 13.9. The minimum Gasteiger partial charge on any atom is -0.361 e. The second-order valence-electron chi connectivity index (χ2n) is 7.52. The third kappa shape index (κ3) is 1.73. The van der Waals surface area contributed by atoms with E-state index in [2.05, 4.69) is 32.9 Å². The van der Waals surface area contributed by atoms with Gasteiger partial charge in [-0.05, 0) is 31.1 Å². The van der Waals surface area contributed by atoms with Crippen molar-refractivity contribution < 1.29 is 9.32 Å². The van der Waals surface area contributed by atoms with Crippen molar-refractivity contribution in [3.05, 3.63) is 17.5 Å². The summed E-state index contributed by atoms with van der Waals surface area (Å²) in [6, 6.07) is 0.300. The summed E-state index contributed by atoms with van der Waals surface area (Å²) in [5, 5.41) is 4.01. The van der Waals surface area contributed by atoms with Crippen molar-refractivity contribution >= 4 is 5.91 Å². The van der Waals surface area contributed by atoms with Crippen molar-refractivity contribution in [2.24, 2.45) is 11.3 Å². The van der Waals surface area contributed by atoms with E-state index in [0.717, 1.165) is 25.1 Å². The molecule has 0 N–H and O–H groups in total. The van der Waals surface area contributed by atoms with Crippen molar-refractivity contribution in [1.82, 2.24) is 10.1 Å². The number of carbonyl (C=O) groups is 1. The highest BCUT2D eigenvalue weighted by Gasteiger charge is 2.55. The number of carbonyl (C=O) groups excluding carboxylic acids is 1. The first-order valence-corrected chi connectivity index (χ1v) is 7.47. The highest BCUT2D eigenvalue weighted by molar-refractivity contribution is 5.73. The molecular formula is C16H24N2O2. The monoisotopic (exact) mass is 276 g/mol. The smallest absolute Gasteiger partial charge is 0.219 e. The quantitative estimate of drug-likeness (QED) is 0.732. The van der Waals surface area contributed by atoms with Crippen LogP contribution in [0, 0.1) is 11.3 Å². The molecule has 1 aliphatic carbocycles. The van der Waals surface area contributed by atoms with Crippen LogP contribution >= 0.6 is 0 Å². The molecule has 0 bridgehead atoms. The van der Waals surface area contributed by atoms with Gasteiger partial charge in [-0.1, -0.05) is 25.9 Å². The fourth-order valence-electron chi connectivity index (χ4n) is 4.69. The maximum atomic E-state index is 11.9. The normalized spacial score (nSPS) is 35.4. The molecule has 1 aliphatic heterocycles. The van der Waals surface area contributed by atoms with E-state index < -0.39 is 0 Å². The van der Waals surface area contributed by atoms with Gasteiger partial charge in [0.2, 0.25) is 5.91 Å². The first kappa shape index (κ1) is 13.7. The molecule has 3 atom stereocenters. The van der Waals surface area contributed by atoms with Gasteiger partial charge in [-0.15, -0.1) is 0 Å². The van der Waals surface area contributed by atoms with E-state index in [9.17, 15) is 4.79 Å². The topological polar surface area (TPSA) is 46.3 Å². The lowest BCUT2D eigenvalue weighted by Gasteiger charge is -2.56. The first-order valence-electron chi connectivity index (χ1n) is 7.47. The van der Waals surface area contributed by atoms with Crippen molar-refractivity contribution in [1.29, 1.82) is 0 Å². The number of likely N-dealkylation sites (tertiary alicyclic amines) is 1. The maximum Gasteiger partial charge on any atom is 0.219 e. The highest BCUT2D eigenvalue weighted by atomic mass is 16.5. The van der Waals surface area contributed by atoms with Crippen molar-refractivity contribution in [3.63, 3.8) is 0 Å². The van der Waals surface area contributed by atoms with Gasteiger partial charge in [-0.25, -0.2) is 0 Å². The zero-order valence-corrected chi connectivity index (χ0v) is 13.1. The number of aromatic nitrogens is 1. The lowest BCUT2D eigenvalue weighted by Crippen LogP contribution is -2.59. The Kier molecular flexibility index (Phi) is 2.79. The Hall–Kier alpha value is -1.32. The molecule has 4 heteroatoms. The van der Waals surface area contributed by atoms with Crippen LogP contribution in [0.2, 0.25) is 0 Å². The van der Waals surface area contributed by atoms with Crippen LogP contribution < -0.4 is 0 Å². The molecule has 1 amide bonds.